The van der Waals surface area contributed by atoms with E-state index in [-0.39, 0.29) is 5.92 Å². The van der Waals surface area contributed by atoms with Gasteiger partial charge in [-0.2, -0.15) is 0 Å². The molecule has 0 amide bonds. The number of fused-ring (bicyclic) bond motifs is 1. The summed E-state index contributed by atoms with van der Waals surface area (Å²) in [6.45, 7) is 0.611. The second kappa shape index (κ2) is 5.05. The summed E-state index contributed by atoms with van der Waals surface area (Å²) in [5.74, 6) is 1.71. The molecule has 2 atom stereocenters. The van der Waals surface area contributed by atoms with Crippen LogP contribution in [0.4, 0.5) is 5.69 Å². The average Bonchev–Trinajstić information content (AvgIpc) is 2.83. The minimum atomic E-state index is -1.02. The molecule has 0 saturated heterocycles. The molecule has 0 saturated carbocycles. The summed E-state index contributed by atoms with van der Waals surface area (Å²) in [6, 6.07) is 15.2. The lowest BCUT2D eigenvalue weighted by atomic mass is 10.0. The van der Waals surface area contributed by atoms with Crippen molar-refractivity contribution in [3.63, 3.8) is 0 Å². The first kappa shape index (κ1) is 12.2. The van der Waals surface area contributed by atoms with E-state index in [1.54, 1.807) is 12.1 Å². The highest BCUT2D eigenvalue weighted by molar-refractivity contribution is 7.85. The molecule has 0 radical (unpaired) electrons. The van der Waals surface area contributed by atoms with E-state index < -0.39 is 10.8 Å². The molecule has 3 rings (SSSR count). The van der Waals surface area contributed by atoms with Crippen molar-refractivity contribution >= 4 is 16.5 Å². The van der Waals surface area contributed by atoms with E-state index in [0.29, 0.717) is 18.0 Å². The van der Waals surface area contributed by atoms with E-state index in [4.69, 9.17) is 10.5 Å². The molecule has 2 aromatic rings. The van der Waals surface area contributed by atoms with Crippen LogP contribution in [0.25, 0.3) is 0 Å². The maximum Gasteiger partial charge on any atom is 0.122 e. The van der Waals surface area contributed by atoms with Crippen molar-refractivity contribution in [1.82, 2.24) is 0 Å². The Morgan fingerprint density at radius 1 is 1.16 bits per heavy atom. The van der Waals surface area contributed by atoms with Crippen LogP contribution in [0.15, 0.2) is 53.4 Å². The minimum absolute atomic E-state index is 0.203. The average molecular weight is 273 g/mol. The molecule has 2 aromatic carbocycles. The van der Waals surface area contributed by atoms with Crippen molar-refractivity contribution in [1.29, 1.82) is 0 Å². The molecule has 4 heteroatoms. The van der Waals surface area contributed by atoms with Gasteiger partial charge < -0.3 is 10.5 Å². The zero-order chi connectivity index (χ0) is 13.2. The maximum atomic E-state index is 12.3. The van der Waals surface area contributed by atoms with Gasteiger partial charge >= 0.3 is 0 Å². The topological polar surface area (TPSA) is 52.3 Å². The van der Waals surface area contributed by atoms with E-state index in [9.17, 15) is 4.21 Å². The molecule has 2 N–H and O–H groups in total. The predicted molar refractivity (Wildman–Crippen MR) is 76.8 cm³/mol. The Morgan fingerprint density at radius 2 is 1.89 bits per heavy atom. The van der Waals surface area contributed by atoms with Gasteiger partial charge in [0.05, 0.1) is 17.4 Å². The van der Waals surface area contributed by atoms with Crippen LogP contribution in [0.3, 0.4) is 0 Å². The van der Waals surface area contributed by atoms with E-state index >= 15 is 0 Å². The van der Waals surface area contributed by atoms with E-state index in [1.165, 1.54) is 0 Å². The SMILES string of the molecule is Nc1ccc(S(=O)CC2COc3ccccc32)cc1. The fourth-order valence-corrected chi connectivity index (χ4v) is 3.54. The third kappa shape index (κ3) is 2.49. The first-order valence-corrected chi connectivity index (χ1v) is 7.51. The van der Waals surface area contributed by atoms with Crippen LogP contribution in [0, 0.1) is 0 Å². The Labute approximate surface area is 114 Å². The van der Waals surface area contributed by atoms with E-state index in [0.717, 1.165) is 16.2 Å². The van der Waals surface area contributed by atoms with Gasteiger partial charge in [-0.15, -0.1) is 0 Å². The van der Waals surface area contributed by atoms with Crippen molar-refractivity contribution in [2.75, 3.05) is 18.1 Å². The first-order chi connectivity index (χ1) is 9.24. The normalized spacial score (nSPS) is 18.6. The lowest BCUT2D eigenvalue weighted by Crippen LogP contribution is -2.11. The number of rotatable bonds is 3. The largest absolute Gasteiger partial charge is 0.493 e. The Kier molecular flexibility index (Phi) is 3.25. The number of hydrogen-bond donors (Lipinski definition) is 1. The zero-order valence-corrected chi connectivity index (χ0v) is 11.2. The predicted octanol–water partition coefficient (Wildman–Crippen LogP) is 2.55. The zero-order valence-electron chi connectivity index (χ0n) is 10.4. The van der Waals surface area contributed by atoms with Crippen LogP contribution in [0.1, 0.15) is 11.5 Å². The van der Waals surface area contributed by atoms with Crippen LogP contribution in [-0.4, -0.2) is 16.6 Å². The van der Waals surface area contributed by atoms with Gasteiger partial charge in [0.15, 0.2) is 0 Å². The summed E-state index contributed by atoms with van der Waals surface area (Å²) < 4.78 is 17.9. The summed E-state index contributed by atoms with van der Waals surface area (Å²) in [5, 5.41) is 0. The number of hydrogen-bond acceptors (Lipinski definition) is 3. The molecule has 19 heavy (non-hydrogen) atoms. The molecule has 0 aliphatic carbocycles. The smallest absolute Gasteiger partial charge is 0.122 e. The molecule has 1 heterocycles. The van der Waals surface area contributed by atoms with Crippen molar-refractivity contribution in [2.24, 2.45) is 0 Å². The lowest BCUT2D eigenvalue weighted by molar-refractivity contribution is 0.338. The fourth-order valence-electron chi connectivity index (χ4n) is 2.27. The van der Waals surface area contributed by atoms with Gasteiger partial charge in [0.25, 0.3) is 0 Å². The van der Waals surface area contributed by atoms with Gasteiger partial charge in [-0.05, 0) is 30.3 Å². The molecule has 0 spiro atoms. The number of ether oxygens (including phenoxy) is 1. The van der Waals surface area contributed by atoms with Gasteiger partial charge in [-0.25, -0.2) is 0 Å². The Bertz CT molecular complexity index is 610. The molecule has 0 fully saturated rings. The van der Waals surface area contributed by atoms with Gasteiger partial charge in [-0.1, -0.05) is 18.2 Å². The number of nitrogens with two attached hydrogens (primary N) is 1. The molecule has 0 aromatic heterocycles. The summed E-state index contributed by atoms with van der Waals surface area (Å²) in [4.78, 5) is 0.818. The van der Waals surface area contributed by atoms with Gasteiger partial charge in [0, 0.05) is 27.8 Å². The van der Waals surface area contributed by atoms with Crippen LogP contribution in [0.5, 0.6) is 5.75 Å². The Hall–Kier alpha value is -1.81. The number of benzene rings is 2. The summed E-state index contributed by atoms with van der Waals surface area (Å²) in [5.41, 5.74) is 7.48. The quantitative estimate of drug-likeness (QED) is 0.874. The highest BCUT2D eigenvalue weighted by Gasteiger charge is 2.25. The minimum Gasteiger partial charge on any atom is -0.493 e. The maximum absolute atomic E-state index is 12.3. The first-order valence-electron chi connectivity index (χ1n) is 6.19. The molecule has 98 valence electrons. The third-order valence-corrected chi connectivity index (χ3v) is 4.80. The third-order valence-electron chi connectivity index (χ3n) is 3.29. The van der Waals surface area contributed by atoms with Crippen molar-refractivity contribution < 1.29 is 8.95 Å². The summed E-state index contributed by atoms with van der Waals surface area (Å²) >= 11 is 0. The monoisotopic (exact) mass is 273 g/mol. The highest BCUT2D eigenvalue weighted by Crippen LogP contribution is 2.34. The second-order valence-electron chi connectivity index (χ2n) is 4.63. The summed E-state index contributed by atoms with van der Waals surface area (Å²) in [7, 11) is -1.02. The Morgan fingerprint density at radius 3 is 2.68 bits per heavy atom. The van der Waals surface area contributed by atoms with Crippen molar-refractivity contribution in [2.45, 2.75) is 10.8 Å². The van der Waals surface area contributed by atoms with Gasteiger partial charge in [0.1, 0.15) is 5.75 Å². The van der Waals surface area contributed by atoms with Crippen LogP contribution in [-0.2, 0) is 10.8 Å². The molecule has 3 nitrogen and oxygen atoms in total. The summed E-state index contributed by atoms with van der Waals surface area (Å²) in [6.07, 6.45) is 0. The van der Waals surface area contributed by atoms with Gasteiger partial charge in [-0.3, -0.25) is 4.21 Å². The molecule has 1 aliphatic rings. The molecular formula is C15H15NO2S. The number of anilines is 1. The van der Waals surface area contributed by atoms with Crippen molar-refractivity contribution in [3.05, 3.63) is 54.1 Å². The fraction of sp³-hybridized carbons (Fsp3) is 0.200. The number of nitrogen functional groups attached to an aromatic ring is 1. The standard InChI is InChI=1S/C15H15NO2S/c16-12-5-7-13(8-6-12)19(17)10-11-9-18-15-4-2-1-3-14(11)15/h1-8,11H,9-10,16H2. The van der Waals surface area contributed by atoms with Crippen LogP contribution < -0.4 is 10.5 Å². The van der Waals surface area contributed by atoms with E-state index in [2.05, 4.69) is 0 Å². The molecule has 2 unspecified atom stereocenters. The van der Waals surface area contributed by atoms with Crippen LogP contribution in [0.2, 0.25) is 0 Å². The Balaban J connectivity index is 1.76. The van der Waals surface area contributed by atoms with Crippen molar-refractivity contribution in [3.8, 4) is 5.75 Å². The second-order valence-corrected chi connectivity index (χ2v) is 6.12. The van der Waals surface area contributed by atoms with E-state index in [1.807, 2.05) is 36.4 Å². The molecule has 1 aliphatic heterocycles. The molecular weight excluding hydrogens is 258 g/mol. The molecule has 0 bridgehead atoms. The van der Waals surface area contributed by atoms with Gasteiger partial charge in [0.2, 0.25) is 0 Å². The highest BCUT2D eigenvalue weighted by atomic mass is 32.2. The number of para-hydroxylation sites is 1. The van der Waals surface area contributed by atoms with Crippen LogP contribution >= 0.6 is 0 Å². The lowest BCUT2D eigenvalue weighted by Gasteiger charge is -2.08.